The number of anilines is 1. The number of nitrogens with zero attached hydrogens (tertiary/aromatic N) is 1. The van der Waals surface area contributed by atoms with Gasteiger partial charge in [0.1, 0.15) is 11.4 Å². The molecule has 30 heavy (non-hydrogen) atoms. The minimum absolute atomic E-state index is 0.113. The fourth-order valence-corrected chi connectivity index (χ4v) is 3.33. The molecule has 0 saturated heterocycles. The fraction of sp³-hybridized carbons (Fsp3) is 0.333. The molecule has 0 bridgehead atoms. The number of hydrogen-bond acceptors (Lipinski definition) is 5. The summed E-state index contributed by atoms with van der Waals surface area (Å²) in [6.07, 6.45) is 0.699. The van der Waals surface area contributed by atoms with Crippen molar-refractivity contribution in [3.05, 3.63) is 65.4 Å². The van der Waals surface area contributed by atoms with E-state index in [0.29, 0.717) is 42.2 Å². The van der Waals surface area contributed by atoms with Gasteiger partial charge in [0.05, 0.1) is 18.8 Å². The molecule has 1 heterocycles. The van der Waals surface area contributed by atoms with E-state index in [4.69, 9.17) is 9.47 Å². The van der Waals surface area contributed by atoms with Crippen molar-refractivity contribution in [1.82, 2.24) is 4.90 Å². The van der Waals surface area contributed by atoms with E-state index in [0.717, 1.165) is 11.3 Å². The Morgan fingerprint density at radius 3 is 2.40 bits per heavy atom. The highest BCUT2D eigenvalue weighted by Gasteiger charge is 2.38. The summed E-state index contributed by atoms with van der Waals surface area (Å²) in [5, 5.41) is 3.18. The topological polar surface area (TPSA) is 67.9 Å². The lowest BCUT2D eigenvalue weighted by atomic mass is 10.0. The van der Waals surface area contributed by atoms with Crippen molar-refractivity contribution in [2.45, 2.75) is 33.3 Å². The van der Waals surface area contributed by atoms with Gasteiger partial charge in [-0.1, -0.05) is 24.3 Å². The van der Waals surface area contributed by atoms with Crippen LogP contribution in [0.15, 0.2) is 54.2 Å². The Balaban J connectivity index is 1.90. The summed E-state index contributed by atoms with van der Waals surface area (Å²) in [7, 11) is 1.59. The molecule has 1 aliphatic heterocycles. The van der Waals surface area contributed by atoms with Gasteiger partial charge in [0.25, 0.3) is 11.8 Å². The summed E-state index contributed by atoms with van der Waals surface area (Å²) < 4.78 is 10.8. The lowest BCUT2D eigenvalue weighted by Crippen LogP contribution is -2.34. The highest BCUT2D eigenvalue weighted by molar-refractivity contribution is 6.36. The maximum atomic E-state index is 13.2. The van der Waals surface area contributed by atoms with Gasteiger partial charge in [-0.3, -0.25) is 14.5 Å². The standard InChI is InChI=1S/C24H28N2O4/c1-16(2)30-14-6-13-26-23(27)21(18-9-11-20(29-4)12-10-18)22(24(26)28)25-19-8-5-7-17(3)15-19/h5,7-12,15-16,25H,6,13-14H2,1-4H3. The number of nitrogens with one attached hydrogen (secondary N) is 1. The molecule has 6 nitrogen and oxygen atoms in total. The lowest BCUT2D eigenvalue weighted by molar-refractivity contribution is -0.137. The van der Waals surface area contributed by atoms with E-state index in [9.17, 15) is 9.59 Å². The van der Waals surface area contributed by atoms with Crippen LogP contribution in [0.4, 0.5) is 5.69 Å². The maximum Gasteiger partial charge on any atom is 0.278 e. The summed E-state index contributed by atoms with van der Waals surface area (Å²) in [6, 6.07) is 14.9. The highest BCUT2D eigenvalue weighted by Crippen LogP contribution is 2.31. The molecule has 0 atom stereocenters. The quantitative estimate of drug-likeness (QED) is 0.502. The monoisotopic (exact) mass is 408 g/mol. The maximum absolute atomic E-state index is 13.2. The molecule has 6 heteroatoms. The van der Waals surface area contributed by atoms with E-state index in [-0.39, 0.29) is 17.9 Å². The molecule has 0 unspecified atom stereocenters. The summed E-state index contributed by atoms with van der Waals surface area (Å²) in [5.41, 5.74) is 3.16. The van der Waals surface area contributed by atoms with Crippen LogP contribution in [-0.2, 0) is 14.3 Å². The van der Waals surface area contributed by atoms with E-state index in [2.05, 4.69) is 5.32 Å². The third-order valence-corrected chi connectivity index (χ3v) is 4.81. The van der Waals surface area contributed by atoms with Crippen molar-refractivity contribution in [1.29, 1.82) is 0 Å². The molecule has 2 aromatic carbocycles. The number of methoxy groups -OCH3 is 1. The van der Waals surface area contributed by atoms with Crippen molar-refractivity contribution in [2.75, 3.05) is 25.6 Å². The van der Waals surface area contributed by atoms with Crippen molar-refractivity contribution in [2.24, 2.45) is 0 Å². The van der Waals surface area contributed by atoms with Crippen LogP contribution < -0.4 is 10.1 Å². The average molecular weight is 408 g/mol. The van der Waals surface area contributed by atoms with E-state index in [1.54, 1.807) is 31.4 Å². The van der Waals surface area contributed by atoms with Gasteiger partial charge < -0.3 is 14.8 Å². The van der Waals surface area contributed by atoms with Crippen molar-refractivity contribution < 1.29 is 19.1 Å². The Kier molecular flexibility index (Phi) is 6.90. The molecule has 3 rings (SSSR count). The van der Waals surface area contributed by atoms with Crippen molar-refractivity contribution in [3.63, 3.8) is 0 Å². The van der Waals surface area contributed by atoms with Crippen LogP contribution in [0.1, 0.15) is 31.4 Å². The zero-order chi connectivity index (χ0) is 21.7. The van der Waals surface area contributed by atoms with Gasteiger partial charge in [-0.25, -0.2) is 0 Å². The Labute approximate surface area is 177 Å². The predicted octanol–water partition coefficient (Wildman–Crippen LogP) is 4.01. The number of rotatable bonds is 9. The number of imide groups is 1. The summed E-state index contributed by atoms with van der Waals surface area (Å²) in [4.78, 5) is 27.7. The minimum atomic E-state index is -0.322. The van der Waals surface area contributed by atoms with Crippen LogP contribution in [0, 0.1) is 6.92 Å². The third kappa shape index (κ3) is 4.89. The Hall–Kier alpha value is -3.12. The minimum Gasteiger partial charge on any atom is -0.497 e. The highest BCUT2D eigenvalue weighted by atomic mass is 16.5. The second-order valence-corrected chi connectivity index (χ2v) is 7.51. The van der Waals surface area contributed by atoms with Crippen LogP contribution in [0.2, 0.25) is 0 Å². The number of amides is 2. The van der Waals surface area contributed by atoms with Gasteiger partial charge >= 0.3 is 0 Å². The Bertz CT molecular complexity index is 948. The Morgan fingerprint density at radius 2 is 1.77 bits per heavy atom. The van der Waals surface area contributed by atoms with Crippen LogP contribution in [0.25, 0.3) is 5.57 Å². The molecule has 2 aromatic rings. The second-order valence-electron chi connectivity index (χ2n) is 7.51. The molecular formula is C24H28N2O4. The zero-order valence-corrected chi connectivity index (χ0v) is 17.9. The molecule has 2 amide bonds. The van der Waals surface area contributed by atoms with Gasteiger partial charge in [0, 0.05) is 18.8 Å². The van der Waals surface area contributed by atoms with E-state index >= 15 is 0 Å². The number of aryl methyl sites for hydroxylation is 1. The first-order chi connectivity index (χ1) is 14.4. The summed E-state index contributed by atoms with van der Waals surface area (Å²) >= 11 is 0. The summed E-state index contributed by atoms with van der Waals surface area (Å²) in [5.74, 6) is 0.0637. The van der Waals surface area contributed by atoms with E-state index in [1.165, 1.54) is 4.90 Å². The van der Waals surface area contributed by atoms with Crippen LogP contribution in [0.3, 0.4) is 0 Å². The van der Waals surface area contributed by atoms with E-state index in [1.807, 2.05) is 45.0 Å². The van der Waals surface area contributed by atoms with Gasteiger partial charge in [0.2, 0.25) is 0 Å². The lowest BCUT2D eigenvalue weighted by Gasteiger charge is -2.16. The van der Waals surface area contributed by atoms with Gasteiger partial charge in [-0.2, -0.15) is 0 Å². The smallest absolute Gasteiger partial charge is 0.278 e. The van der Waals surface area contributed by atoms with Crippen molar-refractivity contribution >= 4 is 23.1 Å². The molecule has 0 saturated carbocycles. The first-order valence-electron chi connectivity index (χ1n) is 10.1. The van der Waals surface area contributed by atoms with Gasteiger partial charge in [0.15, 0.2) is 0 Å². The van der Waals surface area contributed by atoms with Gasteiger partial charge in [-0.05, 0) is 62.6 Å². The molecular weight excluding hydrogens is 380 g/mol. The molecule has 0 radical (unpaired) electrons. The largest absolute Gasteiger partial charge is 0.497 e. The first-order valence-corrected chi connectivity index (χ1v) is 10.1. The normalized spacial score (nSPS) is 14.1. The van der Waals surface area contributed by atoms with Crippen LogP contribution >= 0.6 is 0 Å². The SMILES string of the molecule is COc1ccc(C2=C(Nc3cccc(C)c3)C(=O)N(CCCOC(C)C)C2=O)cc1. The predicted molar refractivity (Wildman–Crippen MR) is 117 cm³/mol. The summed E-state index contributed by atoms with van der Waals surface area (Å²) in [6.45, 7) is 6.70. The molecule has 0 spiro atoms. The molecule has 1 aliphatic rings. The molecule has 0 fully saturated rings. The Morgan fingerprint density at radius 1 is 1.03 bits per heavy atom. The number of benzene rings is 2. The van der Waals surface area contributed by atoms with Gasteiger partial charge in [-0.15, -0.1) is 0 Å². The van der Waals surface area contributed by atoms with Crippen molar-refractivity contribution in [3.8, 4) is 5.75 Å². The average Bonchev–Trinajstić information content (AvgIpc) is 2.95. The first kappa shape index (κ1) is 21.6. The van der Waals surface area contributed by atoms with E-state index < -0.39 is 0 Å². The second kappa shape index (κ2) is 9.59. The zero-order valence-electron chi connectivity index (χ0n) is 17.9. The molecule has 0 aromatic heterocycles. The van der Waals surface area contributed by atoms with Crippen LogP contribution in [-0.4, -0.2) is 43.1 Å². The fourth-order valence-electron chi connectivity index (χ4n) is 3.33. The molecule has 1 N–H and O–H groups in total. The molecule has 158 valence electrons. The number of ether oxygens (including phenoxy) is 2. The number of hydrogen-bond donors (Lipinski definition) is 1. The third-order valence-electron chi connectivity index (χ3n) is 4.81. The number of carbonyl (C=O) groups is 2. The molecule has 0 aliphatic carbocycles. The number of carbonyl (C=O) groups excluding carboxylic acids is 2. The van der Waals surface area contributed by atoms with Crippen LogP contribution in [0.5, 0.6) is 5.75 Å².